The number of rotatable bonds is 6. The van der Waals surface area contributed by atoms with E-state index >= 15 is 0 Å². The Morgan fingerprint density at radius 3 is 2.34 bits per heavy atom. The summed E-state index contributed by atoms with van der Waals surface area (Å²) in [5, 5.41) is 0.943. The van der Waals surface area contributed by atoms with Crippen molar-refractivity contribution in [1.29, 1.82) is 0 Å². The fourth-order valence-electron chi connectivity index (χ4n) is 3.55. The van der Waals surface area contributed by atoms with Gasteiger partial charge in [-0.25, -0.2) is 0 Å². The van der Waals surface area contributed by atoms with Crippen LogP contribution in [0.5, 0.6) is 11.5 Å². The van der Waals surface area contributed by atoms with Crippen molar-refractivity contribution in [2.24, 2.45) is 0 Å². The number of hydrogen-bond donors (Lipinski definition) is 0. The number of ether oxygens (including phenoxy) is 2. The Balaban J connectivity index is 1.81. The van der Waals surface area contributed by atoms with Crippen LogP contribution in [0.25, 0.3) is 22.3 Å². The topological polar surface area (TPSA) is 65.7 Å². The van der Waals surface area contributed by atoms with Crippen LogP contribution < -0.4 is 14.9 Å². The molecule has 0 amide bonds. The lowest BCUT2D eigenvalue weighted by Gasteiger charge is -2.13. The van der Waals surface area contributed by atoms with Crippen LogP contribution in [0.2, 0.25) is 5.02 Å². The number of methoxy groups -OCH3 is 1. The standard InChI is InChI=1S/C26H21ClO5/c1-15-12-16(2)24-21(13-15)23(29)26(25(32-24)18-6-10-20(30-3)11-7-18)31-14-22(28)17-4-8-19(27)9-5-17/h4-13H,14H2,1-3H3. The molecule has 3 aromatic carbocycles. The van der Waals surface area contributed by atoms with E-state index in [1.54, 1.807) is 61.7 Å². The van der Waals surface area contributed by atoms with E-state index in [1.165, 1.54) is 0 Å². The maximum Gasteiger partial charge on any atom is 0.235 e. The van der Waals surface area contributed by atoms with E-state index in [4.69, 9.17) is 25.5 Å². The van der Waals surface area contributed by atoms with Gasteiger partial charge in [0.15, 0.2) is 18.2 Å². The normalized spacial score (nSPS) is 10.9. The van der Waals surface area contributed by atoms with Crippen molar-refractivity contribution in [1.82, 2.24) is 0 Å². The van der Waals surface area contributed by atoms with Gasteiger partial charge in [-0.05, 0) is 79.6 Å². The molecule has 0 aliphatic rings. The van der Waals surface area contributed by atoms with Gasteiger partial charge < -0.3 is 13.9 Å². The molecule has 5 nitrogen and oxygen atoms in total. The molecule has 0 saturated heterocycles. The lowest BCUT2D eigenvalue weighted by Crippen LogP contribution is -2.17. The van der Waals surface area contributed by atoms with Crippen LogP contribution in [0.4, 0.5) is 0 Å². The predicted molar refractivity (Wildman–Crippen MR) is 125 cm³/mol. The third-order valence-electron chi connectivity index (χ3n) is 5.15. The van der Waals surface area contributed by atoms with Crippen LogP contribution in [0, 0.1) is 13.8 Å². The van der Waals surface area contributed by atoms with E-state index in [-0.39, 0.29) is 29.3 Å². The molecule has 162 valence electrons. The second kappa shape index (κ2) is 8.89. The van der Waals surface area contributed by atoms with E-state index in [1.807, 2.05) is 19.9 Å². The second-order valence-electron chi connectivity index (χ2n) is 7.50. The van der Waals surface area contributed by atoms with Gasteiger partial charge in [0.05, 0.1) is 12.5 Å². The zero-order valence-electron chi connectivity index (χ0n) is 17.9. The molecule has 6 heteroatoms. The average molecular weight is 449 g/mol. The first-order valence-corrected chi connectivity index (χ1v) is 10.4. The lowest BCUT2D eigenvalue weighted by atomic mass is 10.1. The second-order valence-corrected chi connectivity index (χ2v) is 7.93. The van der Waals surface area contributed by atoms with Crippen LogP contribution in [0.15, 0.2) is 69.9 Å². The van der Waals surface area contributed by atoms with Crippen molar-refractivity contribution >= 4 is 28.4 Å². The van der Waals surface area contributed by atoms with Crippen molar-refractivity contribution in [2.75, 3.05) is 13.7 Å². The summed E-state index contributed by atoms with van der Waals surface area (Å²) >= 11 is 5.90. The van der Waals surface area contributed by atoms with Crippen molar-refractivity contribution < 1.29 is 18.7 Å². The predicted octanol–water partition coefficient (Wildman–Crippen LogP) is 6.00. The van der Waals surface area contributed by atoms with E-state index < -0.39 is 0 Å². The molecule has 0 fully saturated rings. The molecular formula is C26H21ClO5. The van der Waals surface area contributed by atoms with Crippen LogP contribution in [-0.4, -0.2) is 19.5 Å². The summed E-state index contributed by atoms with van der Waals surface area (Å²) in [6, 6.07) is 17.3. The minimum absolute atomic E-state index is 0.00465. The Bertz CT molecular complexity index is 1350. The molecule has 4 rings (SSSR count). The highest BCUT2D eigenvalue weighted by molar-refractivity contribution is 6.30. The number of benzene rings is 3. The Labute approximate surface area is 190 Å². The van der Waals surface area contributed by atoms with Gasteiger partial charge in [0.2, 0.25) is 11.2 Å². The van der Waals surface area contributed by atoms with E-state index in [2.05, 4.69) is 0 Å². The first-order chi connectivity index (χ1) is 15.4. The average Bonchev–Trinajstić information content (AvgIpc) is 2.79. The van der Waals surface area contributed by atoms with Gasteiger partial charge in [-0.3, -0.25) is 9.59 Å². The maximum absolute atomic E-state index is 13.4. The van der Waals surface area contributed by atoms with Crippen LogP contribution in [0.3, 0.4) is 0 Å². The van der Waals surface area contributed by atoms with Gasteiger partial charge in [0.25, 0.3) is 0 Å². The minimum Gasteiger partial charge on any atom is -0.497 e. The fraction of sp³-hybridized carbons (Fsp3) is 0.154. The lowest BCUT2D eigenvalue weighted by molar-refractivity contribution is 0.0920. The van der Waals surface area contributed by atoms with Crippen molar-refractivity contribution in [3.05, 3.63) is 92.6 Å². The summed E-state index contributed by atoms with van der Waals surface area (Å²) in [5.41, 5.74) is 3.02. The molecule has 0 radical (unpaired) electrons. The molecule has 0 aliphatic carbocycles. The van der Waals surface area contributed by atoms with Crippen LogP contribution >= 0.6 is 11.6 Å². The van der Waals surface area contributed by atoms with Crippen LogP contribution in [-0.2, 0) is 0 Å². The zero-order valence-corrected chi connectivity index (χ0v) is 18.7. The monoisotopic (exact) mass is 448 g/mol. The number of hydrogen-bond acceptors (Lipinski definition) is 5. The molecule has 0 N–H and O–H groups in total. The quantitative estimate of drug-likeness (QED) is 0.338. The fourth-order valence-corrected chi connectivity index (χ4v) is 3.68. The highest BCUT2D eigenvalue weighted by Crippen LogP contribution is 2.33. The summed E-state index contributed by atoms with van der Waals surface area (Å²) in [7, 11) is 1.58. The van der Waals surface area contributed by atoms with Gasteiger partial charge in [-0.1, -0.05) is 17.7 Å². The molecule has 0 atom stereocenters. The minimum atomic E-state index is -0.326. The van der Waals surface area contributed by atoms with Gasteiger partial charge in [-0.15, -0.1) is 0 Å². The third-order valence-corrected chi connectivity index (χ3v) is 5.40. The molecule has 0 saturated carbocycles. The van der Waals surface area contributed by atoms with Crippen LogP contribution in [0.1, 0.15) is 21.5 Å². The van der Waals surface area contributed by atoms with Gasteiger partial charge in [0.1, 0.15) is 11.3 Å². The maximum atomic E-state index is 13.4. The summed E-state index contributed by atoms with van der Waals surface area (Å²) in [6.45, 7) is 3.49. The number of carbonyl (C=O) groups excluding carboxylic acids is 1. The Morgan fingerprint density at radius 2 is 1.69 bits per heavy atom. The van der Waals surface area contributed by atoms with E-state index in [9.17, 15) is 9.59 Å². The molecular weight excluding hydrogens is 428 g/mol. The van der Waals surface area contributed by atoms with Crippen molar-refractivity contribution in [3.63, 3.8) is 0 Å². The van der Waals surface area contributed by atoms with E-state index in [0.717, 1.165) is 11.1 Å². The number of fused-ring (bicyclic) bond motifs is 1. The highest BCUT2D eigenvalue weighted by atomic mass is 35.5. The molecule has 0 spiro atoms. The molecule has 0 bridgehead atoms. The first-order valence-electron chi connectivity index (χ1n) is 10.0. The smallest absolute Gasteiger partial charge is 0.235 e. The SMILES string of the molecule is COc1ccc(-c2oc3c(C)cc(C)cc3c(=O)c2OCC(=O)c2ccc(Cl)cc2)cc1. The van der Waals surface area contributed by atoms with Gasteiger partial charge in [-0.2, -0.15) is 0 Å². The van der Waals surface area contributed by atoms with Gasteiger partial charge in [0, 0.05) is 16.1 Å². The number of ketones is 1. The molecule has 1 heterocycles. The number of aryl methyl sites for hydroxylation is 2. The van der Waals surface area contributed by atoms with Crippen molar-refractivity contribution in [2.45, 2.75) is 13.8 Å². The summed E-state index contributed by atoms with van der Waals surface area (Å²) in [4.78, 5) is 26.0. The first kappa shape index (κ1) is 21.7. The third kappa shape index (κ3) is 4.25. The van der Waals surface area contributed by atoms with Crippen molar-refractivity contribution in [3.8, 4) is 22.8 Å². The molecule has 32 heavy (non-hydrogen) atoms. The zero-order chi connectivity index (χ0) is 22.8. The number of carbonyl (C=O) groups is 1. The molecule has 0 unspecified atom stereocenters. The Kier molecular flexibility index (Phi) is 6.01. The summed E-state index contributed by atoms with van der Waals surface area (Å²) in [6.07, 6.45) is 0. The molecule has 4 aromatic rings. The van der Waals surface area contributed by atoms with Gasteiger partial charge >= 0.3 is 0 Å². The Morgan fingerprint density at radius 1 is 1.00 bits per heavy atom. The summed E-state index contributed by atoms with van der Waals surface area (Å²) < 4.78 is 17.2. The summed E-state index contributed by atoms with van der Waals surface area (Å²) in [5.74, 6) is 0.655. The number of halogens is 1. The molecule has 1 aromatic heterocycles. The Hall–Kier alpha value is -3.57. The van der Waals surface area contributed by atoms with E-state index in [0.29, 0.717) is 32.9 Å². The largest absolute Gasteiger partial charge is 0.497 e. The molecule has 0 aliphatic heterocycles. The highest BCUT2D eigenvalue weighted by Gasteiger charge is 2.20. The number of Topliss-reactive ketones (excluding diaryl/α,β-unsaturated/α-hetero) is 1.